The molecule has 46 heavy (non-hydrogen) atoms. The number of nitro groups is 2. The molecule has 0 aliphatic carbocycles. The Hall–Kier alpha value is -5.61. The van der Waals surface area contributed by atoms with E-state index < -0.39 is 70.4 Å². The van der Waals surface area contributed by atoms with E-state index >= 15 is 0 Å². The Labute approximate surface area is 263 Å². The molecule has 0 saturated carbocycles. The maximum Gasteiger partial charge on any atom is 0.408 e. The summed E-state index contributed by atoms with van der Waals surface area (Å²) in [5.74, 6) is -3.07. The van der Waals surface area contributed by atoms with Crippen molar-refractivity contribution in [3.63, 3.8) is 0 Å². The lowest BCUT2D eigenvalue weighted by molar-refractivity contribution is -0.385. The van der Waals surface area contributed by atoms with Gasteiger partial charge < -0.3 is 30.7 Å². The molecule has 4 N–H and O–H groups in total. The molecule has 2 unspecified atom stereocenters. The number of carbonyl (C=O) groups excluding carboxylic acids is 5. The van der Waals surface area contributed by atoms with Crippen molar-refractivity contribution in [2.45, 2.75) is 58.2 Å². The number of alkyl carbamates (subject to hydrolysis) is 1. The van der Waals surface area contributed by atoms with Crippen LogP contribution >= 0.6 is 0 Å². The fraction of sp³-hybridized carbons (Fsp3) is 0.414. The highest BCUT2D eigenvalue weighted by atomic mass is 16.6. The molecule has 17 nitrogen and oxygen atoms in total. The molecule has 2 rings (SSSR count). The van der Waals surface area contributed by atoms with Crippen molar-refractivity contribution in [1.82, 2.24) is 21.3 Å². The van der Waals surface area contributed by atoms with Crippen LogP contribution in [0, 0.1) is 20.2 Å². The van der Waals surface area contributed by atoms with Crippen LogP contribution in [0.2, 0.25) is 0 Å². The monoisotopic (exact) mass is 644 g/mol. The number of nitrogens with zero attached hydrogens (tertiary/aromatic N) is 2. The van der Waals surface area contributed by atoms with Crippen LogP contribution in [0.3, 0.4) is 0 Å². The molecule has 0 spiro atoms. The lowest BCUT2D eigenvalue weighted by Gasteiger charge is -2.23. The van der Waals surface area contributed by atoms with E-state index in [9.17, 15) is 44.2 Å². The summed E-state index contributed by atoms with van der Waals surface area (Å²) in [7, 11) is 0. The van der Waals surface area contributed by atoms with Gasteiger partial charge in [-0.05, 0) is 38.8 Å². The van der Waals surface area contributed by atoms with Gasteiger partial charge in [-0.2, -0.15) is 0 Å². The van der Waals surface area contributed by atoms with E-state index in [1.807, 2.05) is 0 Å². The van der Waals surface area contributed by atoms with E-state index in [4.69, 9.17) is 9.47 Å². The molecule has 2 aromatic carbocycles. The Morgan fingerprint density at radius 3 is 1.59 bits per heavy atom. The predicted octanol–water partition coefficient (Wildman–Crippen LogP) is 1.46. The van der Waals surface area contributed by atoms with E-state index in [1.165, 1.54) is 48.5 Å². The van der Waals surface area contributed by atoms with Gasteiger partial charge in [-0.1, -0.05) is 24.3 Å². The molecular weight excluding hydrogens is 608 g/mol. The summed E-state index contributed by atoms with van der Waals surface area (Å²) in [6, 6.07) is 8.07. The summed E-state index contributed by atoms with van der Waals surface area (Å²) in [6.45, 7) is 5.44. The molecule has 0 aliphatic rings. The zero-order valence-corrected chi connectivity index (χ0v) is 25.7. The van der Waals surface area contributed by atoms with Gasteiger partial charge in [-0.15, -0.1) is 0 Å². The third kappa shape index (κ3) is 12.9. The number of carbonyl (C=O) groups is 5. The molecule has 17 heteroatoms. The van der Waals surface area contributed by atoms with Gasteiger partial charge in [0.1, 0.15) is 24.2 Å². The summed E-state index contributed by atoms with van der Waals surface area (Å²) in [6.07, 6.45) is -1.14. The first-order chi connectivity index (χ1) is 21.6. The smallest absolute Gasteiger partial charge is 0.408 e. The number of ether oxygens (including phenoxy) is 2. The van der Waals surface area contributed by atoms with Crippen LogP contribution in [0.5, 0.6) is 0 Å². The molecule has 0 aromatic heterocycles. The number of amides is 4. The van der Waals surface area contributed by atoms with Crippen LogP contribution in [0.4, 0.5) is 16.2 Å². The van der Waals surface area contributed by atoms with Crippen LogP contribution < -0.4 is 21.3 Å². The quantitative estimate of drug-likeness (QED) is 0.123. The molecule has 0 radical (unpaired) electrons. The van der Waals surface area contributed by atoms with Gasteiger partial charge in [0, 0.05) is 37.1 Å². The molecular formula is C29H36N6O11. The minimum absolute atomic E-state index is 0.0886. The lowest BCUT2D eigenvalue weighted by atomic mass is 10.0. The number of nitro benzene ring substituents is 2. The fourth-order valence-electron chi connectivity index (χ4n) is 3.88. The fourth-order valence-corrected chi connectivity index (χ4v) is 3.88. The third-order valence-corrected chi connectivity index (χ3v) is 5.97. The van der Waals surface area contributed by atoms with Gasteiger partial charge in [0.25, 0.3) is 11.4 Å². The summed E-state index contributed by atoms with van der Waals surface area (Å²) in [5.41, 5.74) is -0.313. The van der Waals surface area contributed by atoms with E-state index in [1.54, 1.807) is 27.7 Å². The summed E-state index contributed by atoms with van der Waals surface area (Å²) >= 11 is 0. The molecule has 2 atom stereocenters. The molecule has 248 valence electrons. The van der Waals surface area contributed by atoms with Crippen molar-refractivity contribution in [3.05, 3.63) is 79.9 Å². The molecule has 0 heterocycles. The molecule has 4 amide bonds. The number of esters is 1. The lowest BCUT2D eigenvalue weighted by Crippen LogP contribution is -2.54. The molecule has 2 aromatic rings. The molecule has 0 saturated heterocycles. The van der Waals surface area contributed by atoms with Crippen LogP contribution in [-0.4, -0.2) is 77.0 Å². The van der Waals surface area contributed by atoms with Gasteiger partial charge in [0.05, 0.1) is 23.0 Å². The Morgan fingerprint density at radius 2 is 1.17 bits per heavy atom. The average Bonchev–Trinajstić information content (AvgIpc) is 2.97. The second kappa shape index (κ2) is 17.0. The molecule has 0 fully saturated rings. The third-order valence-electron chi connectivity index (χ3n) is 5.97. The minimum atomic E-state index is -1.26. The van der Waals surface area contributed by atoms with Crippen LogP contribution in [0.15, 0.2) is 48.5 Å². The maximum absolute atomic E-state index is 13.1. The van der Waals surface area contributed by atoms with Gasteiger partial charge in [-0.3, -0.25) is 39.4 Å². The molecule has 0 aliphatic heterocycles. The summed E-state index contributed by atoms with van der Waals surface area (Å²) in [5, 5.41) is 31.6. The highest BCUT2D eigenvalue weighted by Gasteiger charge is 2.27. The summed E-state index contributed by atoms with van der Waals surface area (Å²) in [4.78, 5) is 83.8. The van der Waals surface area contributed by atoms with Crippen LogP contribution in [0.25, 0.3) is 0 Å². The van der Waals surface area contributed by atoms with Crippen molar-refractivity contribution in [3.8, 4) is 0 Å². The van der Waals surface area contributed by atoms with E-state index in [2.05, 4.69) is 21.3 Å². The zero-order chi connectivity index (χ0) is 34.4. The van der Waals surface area contributed by atoms with Crippen molar-refractivity contribution in [1.29, 1.82) is 0 Å². The maximum atomic E-state index is 13.1. The number of non-ortho nitro benzene ring substituents is 2. The number of hydrogen-bond acceptors (Lipinski definition) is 11. The van der Waals surface area contributed by atoms with Gasteiger partial charge in [0.2, 0.25) is 17.7 Å². The number of benzene rings is 2. The van der Waals surface area contributed by atoms with Crippen molar-refractivity contribution in [2.24, 2.45) is 0 Å². The first-order valence-corrected chi connectivity index (χ1v) is 14.0. The summed E-state index contributed by atoms with van der Waals surface area (Å²) < 4.78 is 10.0. The van der Waals surface area contributed by atoms with Crippen molar-refractivity contribution >= 4 is 41.2 Å². The number of hydrogen-bond donors (Lipinski definition) is 4. The Morgan fingerprint density at radius 1 is 0.739 bits per heavy atom. The van der Waals surface area contributed by atoms with Gasteiger partial charge >= 0.3 is 12.1 Å². The van der Waals surface area contributed by atoms with Crippen LogP contribution in [0.1, 0.15) is 38.8 Å². The standard InChI is InChI=1S/C29H36N6O11/c1-5-45-25(37)17-31-26(38)22(14-18-6-10-20(11-7-18)34(41)42)32-24(36)16-30-27(39)23(33-28(40)46-29(2,3)4)15-19-8-12-21(13-9-19)35(43)44/h6-13,22-23H,5,14-17H2,1-4H3,(H,30,39)(H,31,38)(H,32,36)(H,33,40). The first kappa shape index (κ1) is 36.6. The largest absolute Gasteiger partial charge is 0.465 e. The Kier molecular flexibility index (Phi) is 13.5. The second-order valence-corrected chi connectivity index (χ2v) is 10.8. The van der Waals surface area contributed by atoms with Gasteiger partial charge in [0.15, 0.2) is 0 Å². The van der Waals surface area contributed by atoms with E-state index in [0.29, 0.717) is 11.1 Å². The van der Waals surface area contributed by atoms with E-state index in [0.717, 1.165) is 0 Å². The highest BCUT2D eigenvalue weighted by Crippen LogP contribution is 2.15. The zero-order valence-electron chi connectivity index (χ0n) is 25.7. The number of nitrogens with one attached hydrogen (secondary N) is 4. The normalized spacial score (nSPS) is 12.1. The van der Waals surface area contributed by atoms with E-state index in [-0.39, 0.29) is 30.8 Å². The molecule has 0 bridgehead atoms. The first-order valence-electron chi connectivity index (χ1n) is 14.0. The Balaban J connectivity index is 2.15. The predicted molar refractivity (Wildman–Crippen MR) is 161 cm³/mol. The SMILES string of the molecule is CCOC(=O)CNC(=O)C(Cc1ccc([N+](=O)[O-])cc1)NC(=O)CNC(=O)C(Cc1ccc([N+](=O)[O-])cc1)NC(=O)OC(C)(C)C. The van der Waals surface area contributed by atoms with Gasteiger partial charge in [-0.25, -0.2) is 4.79 Å². The Bertz CT molecular complexity index is 1420. The topological polar surface area (TPSA) is 238 Å². The number of rotatable bonds is 15. The highest BCUT2D eigenvalue weighted by molar-refractivity contribution is 5.93. The minimum Gasteiger partial charge on any atom is -0.465 e. The second-order valence-electron chi connectivity index (χ2n) is 10.8. The van der Waals surface area contributed by atoms with Crippen LogP contribution in [-0.2, 0) is 41.5 Å². The average molecular weight is 645 g/mol. The van der Waals surface area contributed by atoms with Crippen molar-refractivity contribution < 1.29 is 43.3 Å². The van der Waals surface area contributed by atoms with Crippen molar-refractivity contribution in [2.75, 3.05) is 19.7 Å².